The van der Waals surface area contributed by atoms with Gasteiger partial charge < -0.3 is 4.74 Å². The quantitative estimate of drug-likeness (QED) is 0.894. The number of nitrogens with one attached hydrogen (secondary N) is 1. The van der Waals surface area contributed by atoms with E-state index in [0.29, 0.717) is 23.9 Å². The molecule has 2 aromatic rings. The lowest BCUT2D eigenvalue weighted by molar-refractivity contribution is 0.353. The van der Waals surface area contributed by atoms with Gasteiger partial charge in [0.1, 0.15) is 6.61 Å². The second kappa shape index (κ2) is 6.14. The molecule has 124 valence electrons. The lowest BCUT2D eigenvalue weighted by atomic mass is 10.1. The van der Waals surface area contributed by atoms with Gasteiger partial charge in [0.15, 0.2) is 0 Å². The van der Waals surface area contributed by atoms with Crippen LogP contribution in [0.15, 0.2) is 29.2 Å². The van der Waals surface area contributed by atoms with Gasteiger partial charge in [-0.3, -0.25) is 0 Å². The summed E-state index contributed by atoms with van der Waals surface area (Å²) in [4.78, 5) is 0.176. The molecule has 0 bridgehead atoms. The predicted octanol–water partition coefficient (Wildman–Crippen LogP) is 2.53. The van der Waals surface area contributed by atoms with Crippen LogP contribution in [-0.4, -0.2) is 24.8 Å². The largest absolute Gasteiger partial charge is 0.476 e. The van der Waals surface area contributed by atoms with Crippen molar-refractivity contribution >= 4 is 21.6 Å². The minimum Gasteiger partial charge on any atom is -0.476 e. The molecule has 0 amide bonds. The molecule has 0 fully saturated rings. The number of ether oxygens (including phenoxy) is 1. The van der Waals surface area contributed by atoms with Gasteiger partial charge >= 0.3 is 0 Å². The highest BCUT2D eigenvalue weighted by atomic mass is 35.5. The summed E-state index contributed by atoms with van der Waals surface area (Å²) in [6, 6.07) is 5.62. The molecule has 1 aliphatic heterocycles. The van der Waals surface area contributed by atoms with Gasteiger partial charge in [0, 0.05) is 10.6 Å². The van der Waals surface area contributed by atoms with Crippen molar-refractivity contribution in [3.8, 4) is 5.88 Å². The number of halogens is 1. The Hall–Kier alpha value is -1.57. The zero-order valence-corrected chi connectivity index (χ0v) is 14.5. The van der Waals surface area contributed by atoms with Crippen molar-refractivity contribution in [3.05, 3.63) is 40.5 Å². The molecule has 0 radical (unpaired) electrons. The lowest BCUT2D eigenvalue weighted by Crippen LogP contribution is -2.28. The molecule has 0 aliphatic carbocycles. The molecule has 0 saturated heterocycles. The van der Waals surface area contributed by atoms with Gasteiger partial charge in [-0.15, -0.1) is 0 Å². The number of sulfonamides is 1. The molecule has 2 heterocycles. The maximum absolute atomic E-state index is 12.5. The number of benzene rings is 1. The number of rotatable bonds is 5. The fraction of sp³-hybridized carbons (Fsp3) is 0.400. The molecule has 0 spiro atoms. The number of aromatic nitrogens is 2. The molecule has 6 nitrogen and oxygen atoms in total. The zero-order valence-electron chi connectivity index (χ0n) is 12.9. The number of hydrogen-bond acceptors (Lipinski definition) is 4. The SMILES string of the molecule is CCc1c(C(C)NS(=O)(=O)c2ccc(Cl)cc2)nn2c1OCC2. The molecule has 1 aliphatic rings. The summed E-state index contributed by atoms with van der Waals surface area (Å²) in [5.74, 6) is 0.750. The van der Waals surface area contributed by atoms with E-state index < -0.39 is 16.1 Å². The molecule has 1 atom stereocenters. The predicted molar refractivity (Wildman–Crippen MR) is 87.3 cm³/mol. The number of nitrogens with zero attached hydrogens (tertiary/aromatic N) is 2. The van der Waals surface area contributed by atoms with Crippen LogP contribution >= 0.6 is 11.6 Å². The Kier molecular flexibility index (Phi) is 4.35. The van der Waals surface area contributed by atoms with E-state index in [9.17, 15) is 8.42 Å². The van der Waals surface area contributed by atoms with Crippen molar-refractivity contribution in [3.63, 3.8) is 0 Å². The van der Waals surface area contributed by atoms with E-state index in [4.69, 9.17) is 16.3 Å². The van der Waals surface area contributed by atoms with Gasteiger partial charge in [-0.2, -0.15) is 5.10 Å². The third kappa shape index (κ3) is 3.08. The molecule has 23 heavy (non-hydrogen) atoms. The van der Waals surface area contributed by atoms with Crippen LogP contribution in [0.5, 0.6) is 5.88 Å². The fourth-order valence-corrected chi connectivity index (χ4v) is 4.03. The van der Waals surface area contributed by atoms with E-state index in [1.54, 1.807) is 23.7 Å². The zero-order chi connectivity index (χ0) is 16.6. The average Bonchev–Trinajstić information content (AvgIpc) is 3.07. The van der Waals surface area contributed by atoms with Gasteiger partial charge in [-0.25, -0.2) is 17.8 Å². The highest BCUT2D eigenvalue weighted by molar-refractivity contribution is 7.89. The Morgan fingerprint density at radius 2 is 2.09 bits per heavy atom. The minimum absolute atomic E-state index is 0.176. The maximum Gasteiger partial charge on any atom is 0.241 e. The first-order valence-corrected chi connectivity index (χ1v) is 9.28. The first-order chi connectivity index (χ1) is 10.9. The van der Waals surface area contributed by atoms with Crippen molar-refractivity contribution < 1.29 is 13.2 Å². The highest BCUT2D eigenvalue weighted by Gasteiger charge is 2.27. The molecule has 1 aromatic carbocycles. The fourth-order valence-electron chi connectivity index (χ4n) is 2.69. The van der Waals surface area contributed by atoms with Crippen molar-refractivity contribution in [2.24, 2.45) is 0 Å². The van der Waals surface area contributed by atoms with E-state index >= 15 is 0 Å². The standard InChI is InChI=1S/C15H18ClN3O3S/c1-3-13-14(17-19-8-9-22-15(13)19)10(2)18-23(20,21)12-6-4-11(16)5-7-12/h4-7,10,18H,3,8-9H2,1-2H3. The maximum atomic E-state index is 12.5. The first-order valence-electron chi connectivity index (χ1n) is 7.42. The Labute approximate surface area is 140 Å². The summed E-state index contributed by atoms with van der Waals surface area (Å²) in [5, 5.41) is 4.99. The van der Waals surface area contributed by atoms with Gasteiger partial charge in [0.05, 0.1) is 23.2 Å². The van der Waals surface area contributed by atoms with E-state index in [1.807, 2.05) is 6.92 Å². The van der Waals surface area contributed by atoms with E-state index in [-0.39, 0.29) is 4.90 Å². The molecular weight excluding hydrogens is 338 g/mol. The van der Waals surface area contributed by atoms with Crippen LogP contribution in [0.3, 0.4) is 0 Å². The van der Waals surface area contributed by atoms with Crippen LogP contribution in [0.2, 0.25) is 5.02 Å². The molecule has 3 rings (SSSR count). The Bertz CT molecular complexity index is 815. The van der Waals surface area contributed by atoms with Crippen molar-refractivity contribution in [2.75, 3.05) is 6.61 Å². The first kappa shape index (κ1) is 16.3. The summed E-state index contributed by atoms with van der Waals surface area (Å²) < 4.78 is 35.0. The second-order valence-corrected chi connectivity index (χ2v) is 7.54. The summed E-state index contributed by atoms with van der Waals surface area (Å²) in [6.45, 7) is 5.09. The van der Waals surface area contributed by atoms with Crippen molar-refractivity contribution in [1.29, 1.82) is 0 Å². The molecule has 1 N–H and O–H groups in total. The smallest absolute Gasteiger partial charge is 0.241 e. The summed E-state index contributed by atoms with van der Waals surface area (Å²) in [6.07, 6.45) is 0.734. The third-order valence-electron chi connectivity index (χ3n) is 3.79. The topological polar surface area (TPSA) is 73.2 Å². The Morgan fingerprint density at radius 1 is 1.39 bits per heavy atom. The van der Waals surface area contributed by atoms with Crippen LogP contribution < -0.4 is 9.46 Å². The van der Waals surface area contributed by atoms with Gasteiger partial charge in [0.2, 0.25) is 15.9 Å². The lowest BCUT2D eigenvalue weighted by Gasteiger charge is -2.14. The molecule has 8 heteroatoms. The molecule has 0 saturated carbocycles. The molecule has 1 unspecified atom stereocenters. The summed E-state index contributed by atoms with van der Waals surface area (Å²) >= 11 is 5.80. The van der Waals surface area contributed by atoms with Crippen LogP contribution in [0.25, 0.3) is 0 Å². The highest BCUT2D eigenvalue weighted by Crippen LogP contribution is 2.31. The monoisotopic (exact) mass is 355 g/mol. The van der Waals surface area contributed by atoms with Crippen LogP contribution in [0.1, 0.15) is 31.1 Å². The number of hydrogen-bond donors (Lipinski definition) is 1. The van der Waals surface area contributed by atoms with Crippen LogP contribution in [-0.2, 0) is 23.0 Å². The van der Waals surface area contributed by atoms with Gasteiger partial charge in [0.25, 0.3) is 0 Å². The van der Waals surface area contributed by atoms with Gasteiger partial charge in [-0.1, -0.05) is 18.5 Å². The van der Waals surface area contributed by atoms with Crippen LogP contribution in [0, 0.1) is 0 Å². The van der Waals surface area contributed by atoms with E-state index in [0.717, 1.165) is 17.9 Å². The van der Waals surface area contributed by atoms with Crippen molar-refractivity contribution in [2.45, 2.75) is 37.8 Å². The van der Waals surface area contributed by atoms with E-state index in [2.05, 4.69) is 9.82 Å². The molecular formula is C15H18ClN3O3S. The van der Waals surface area contributed by atoms with E-state index in [1.165, 1.54) is 12.1 Å². The number of fused-ring (bicyclic) bond motifs is 1. The Morgan fingerprint density at radius 3 is 2.74 bits per heavy atom. The average molecular weight is 356 g/mol. The second-order valence-electron chi connectivity index (χ2n) is 5.39. The van der Waals surface area contributed by atoms with Crippen LogP contribution in [0.4, 0.5) is 0 Å². The molecule has 1 aromatic heterocycles. The van der Waals surface area contributed by atoms with Crippen molar-refractivity contribution in [1.82, 2.24) is 14.5 Å². The minimum atomic E-state index is -3.64. The summed E-state index contributed by atoms with van der Waals surface area (Å²) in [7, 11) is -3.64. The Balaban J connectivity index is 1.87. The third-order valence-corrected chi connectivity index (χ3v) is 5.60. The normalized spacial score (nSPS) is 15.3. The summed E-state index contributed by atoms with van der Waals surface area (Å²) in [5.41, 5.74) is 1.66. The van der Waals surface area contributed by atoms with Gasteiger partial charge in [-0.05, 0) is 37.6 Å².